The third kappa shape index (κ3) is 3.30. The van der Waals surface area contributed by atoms with Crippen LogP contribution in [0.5, 0.6) is 0 Å². The minimum Gasteiger partial charge on any atom is -0.367 e. The Kier molecular flexibility index (Phi) is 4.27. The number of hydrogen-bond acceptors (Lipinski definition) is 3. The average molecular weight is 269 g/mol. The Morgan fingerprint density at radius 3 is 2.15 bits per heavy atom. The maximum absolute atomic E-state index is 12.0. The van der Waals surface area contributed by atoms with Crippen LogP contribution in [0.25, 0.3) is 0 Å². The van der Waals surface area contributed by atoms with E-state index in [1.165, 1.54) is 0 Å². The van der Waals surface area contributed by atoms with Crippen LogP contribution in [0.4, 0.5) is 0 Å². The Morgan fingerprint density at radius 1 is 0.950 bits per heavy atom. The van der Waals surface area contributed by atoms with Crippen LogP contribution in [-0.2, 0) is 0 Å². The zero-order chi connectivity index (χ0) is 14.5. The first-order chi connectivity index (χ1) is 9.58. The number of rotatable bonds is 4. The lowest BCUT2D eigenvalue weighted by molar-refractivity contribution is 0.0607. The first-order valence-corrected chi connectivity index (χ1v) is 6.23. The number of amides is 1. The van der Waals surface area contributed by atoms with Crippen molar-refractivity contribution < 1.29 is 14.7 Å². The molecule has 2 aromatic carbocycles. The van der Waals surface area contributed by atoms with Gasteiger partial charge in [-0.05, 0) is 19.1 Å². The van der Waals surface area contributed by atoms with E-state index in [4.69, 9.17) is 0 Å². The number of ketones is 1. The molecule has 0 aliphatic carbocycles. The van der Waals surface area contributed by atoms with Gasteiger partial charge in [0.1, 0.15) is 0 Å². The van der Waals surface area contributed by atoms with Crippen LogP contribution in [0.15, 0.2) is 54.6 Å². The van der Waals surface area contributed by atoms with Gasteiger partial charge >= 0.3 is 0 Å². The number of benzene rings is 2. The summed E-state index contributed by atoms with van der Waals surface area (Å²) in [6.07, 6.45) is -1.55. The van der Waals surface area contributed by atoms with Gasteiger partial charge in [0.25, 0.3) is 5.91 Å². The second-order valence-electron chi connectivity index (χ2n) is 4.47. The zero-order valence-electron chi connectivity index (χ0n) is 11.0. The lowest BCUT2D eigenvalue weighted by Crippen LogP contribution is -2.40. The Bertz CT molecular complexity index is 605. The summed E-state index contributed by atoms with van der Waals surface area (Å²) in [4.78, 5) is 23.8. The molecule has 20 heavy (non-hydrogen) atoms. The predicted octanol–water partition coefficient (Wildman–Crippen LogP) is 1.93. The Morgan fingerprint density at radius 2 is 1.55 bits per heavy atom. The quantitative estimate of drug-likeness (QED) is 0.658. The fourth-order valence-corrected chi connectivity index (χ4v) is 1.74. The molecule has 2 aromatic rings. The first-order valence-electron chi connectivity index (χ1n) is 6.23. The Hall–Kier alpha value is -2.46. The lowest BCUT2D eigenvalue weighted by Gasteiger charge is -2.12. The van der Waals surface area contributed by atoms with Gasteiger partial charge < -0.3 is 10.4 Å². The van der Waals surface area contributed by atoms with Gasteiger partial charge in [-0.1, -0.05) is 48.0 Å². The predicted molar refractivity (Wildman–Crippen MR) is 75.4 cm³/mol. The number of carbonyl (C=O) groups is 2. The van der Waals surface area contributed by atoms with E-state index < -0.39 is 17.9 Å². The van der Waals surface area contributed by atoms with E-state index in [1.54, 1.807) is 54.6 Å². The molecule has 4 nitrogen and oxygen atoms in total. The third-order valence-corrected chi connectivity index (χ3v) is 2.89. The van der Waals surface area contributed by atoms with Crippen molar-refractivity contribution in [1.29, 1.82) is 0 Å². The SMILES string of the molecule is Cc1ccc(C(=O)[C@H](O)NC(=O)c2ccccc2)cc1. The molecule has 2 N–H and O–H groups in total. The maximum Gasteiger partial charge on any atom is 0.253 e. The van der Waals surface area contributed by atoms with Gasteiger partial charge in [0, 0.05) is 11.1 Å². The van der Waals surface area contributed by atoms with Gasteiger partial charge in [-0.2, -0.15) is 0 Å². The average Bonchev–Trinajstić information content (AvgIpc) is 2.48. The highest BCUT2D eigenvalue weighted by atomic mass is 16.3. The van der Waals surface area contributed by atoms with Crippen molar-refractivity contribution in [1.82, 2.24) is 5.32 Å². The number of carbonyl (C=O) groups excluding carboxylic acids is 2. The molecule has 1 amide bonds. The number of aryl methyl sites for hydroxylation is 1. The molecule has 0 unspecified atom stereocenters. The molecule has 2 rings (SSSR count). The molecule has 0 radical (unpaired) electrons. The molecule has 0 saturated heterocycles. The molecule has 0 spiro atoms. The van der Waals surface area contributed by atoms with E-state index in [2.05, 4.69) is 5.32 Å². The van der Waals surface area contributed by atoms with Crippen molar-refractivity contribution in [3.8, 4) is 0 Å². The molecule has 0 saturated carbocycles. The Balaban J connectivity index is 2.05. The summed E-state index contributed by atoms with van der Waals surface area (Å²) in [5.41, 5.74) is 1.77. The van der Waals surface area contributed by atoms with Gasteiger partial charge in [0.05, 0.1) is 0 Å². The van der Waals surface area contributed by atoms with Crippen LogP contribution in [0.3, 0.4) is 0 Å². The maximum atomic E-state index is 12.0. The summed E-state index contributed by atoms with van der Waals surface area (Å²) in [5.74, 6) is -1.02. The van der Waals surface area contributed by atoms with Gasteiger partial charge in [-0.15, -0.1) is 0 Å². The molecule has 0 aliphatic rings. The summed E-state index contributed by atoms with van der Waals surface area (Å²) in [5, 5.41) is 12.1. The molecule has 0 fully saturated rings. The molecule has 0 aromatic heterocycles. The highest BCUT2D eigenvalue weighted by Crippen LogP contribution is 2.06. The minimum absolute atomic E-state index is 0.358. The normalized spacial score (nSPS) is 11.7. The first kappa shape index (κ1) is 14.0. The van der Waals surface area contributed by atoms with Gasteiger partial charge in [0.2, 0.25) is 5.78 Å². The van der Waals surface area contributed by atoms with Crippen LogP contribution in [0.2, 0.25) is 0 Å². The minimum atomic E-state index is -1.55. The van der Waals surface area contributed by atoms with Crippen LogP contribution in [-0.4, -0.2) is 23.0 Å². The van der Waals surface area contributed by atoms with Crippen molar-refractivity contribution in [3.63, 3.8) is 0 Å². The zero-order valence-corrected chi connectivity index (χ0v) is 11.0. The molecule has 1 atom stereocenters. The molecule has 0 bridgehead atoms. The highest BCUT2D eigenvalue weighted by Gasteiger charge is 2.19. The van der Waals surface area contributed by atoms with Crippen LogP contribution in [0.1, 0.15) is 26.3 Å². The van der Waals surface area contributed by atoms with E-state index in [0.717, 1.165) is 5.56 Å². The van der Waals surface area contributed by atoms with Crippen molar-refractivity contribution >= 4 is 11.7 Å². The number of aliphatic hydroxyl groups is 1. The van der Waals surface area contributed by atoms with Crippen LogP contribution >= 0.6 is 0 Å². The van der Waals surface area contributed by atoms with E-state index in [-0.39, 0.29) is 0 Å². The number of nitrogens with one attached hydrogen (secondary N) is 1. The summed E-state index contributed by atoms with van der Waals surface area (Å²) < 4.78 is 0. The van der Waals surface area contributed by atoms with Crippen LogP contribution in [0, 0.1) is 6.92 Å². The van der Waals surface area contributed by atoms with E-state index in [9.17, 15) is 14.7 Å². The number of Topliss-reactive ketones (excluding diaryl/α,β-unsaturated/α-hetero) is 1. The molecular weight excluding hydrogens is 254 g/mol. The van der Waals surface area contributed by atoms with Crippen molar-refractivity contribution in [2.45, 2.75) is 13.2 Å². The van der Waals surface area contributed by atoms with E-state index in [0.29, 0.717) is 11.1 Å². The summed E-state index contributed by atoms with van der Waals surface area (Å²) in [7, 11) is 0. The van der Waals surface area contributed by atoms with Crippen molar-refractivity contribution in [3.05, 3.63) is 71.3 Å². The van der Waals surface area contributed by atoms with Crippen molar-refractivity contribution in [2.24, 2.45) is 0 Å². The second-order valence-corrected chi connectivity index (χ2v) is 4.47. The Labute approximate surface area is 117 Å². The summed E-state index contributed by atoms with van der Waals surface area (Å²) in [6, 6.07) is 15.2. The third-order valence-electron chi connectivity index (χ3n) is 2.89. The topological polar surface area (TPSA) is 66.4 Å². The molecule has 0 heterocycles. The second kappa shape index (κ2) is 6.12. The van der Waals surface area contributed by atoms with E-state index in [1.807, 2.05) is 6.92 Å². The number of aliphatic hydroxyl groups excluding tert-OH is 1. The van der Waals surface area contributed by atoms with Crippen molar-refractivity contribution in [2.75, 3.05) is 0 Å². The monoisotopic (exact) mass is 269 g/mol. The van der Waals surface area contributed by atoms with Gasteiger partial charge in [-0.3, -0.25) is 9.59 Å². The largest absolute Gasteiger partial charge is 0.367 e. The van der Waals surface area contributed by atoms with Gasteiger partial charge in [-0.25, -0.2) is 0 Å². The van der Waals surface area contributed by atoms with E-state index >= 15 is 0 Å². The fourth-order valence-electron chi connectivity index (χ4n) is 1.74. The number of hydrogen-bond donors (Lipinski definition) is 2. The van der Waals surface area contributed by atoms with Gasteiger partial charge in [0.15, 0.2) is 6.23 Å². The lowest BCUT2D eigenvalue weighted by atomic mass is 10.1. The summed E-state index contributed by atoms with van der Waals surface area (Å²) in [6.45, 7) is 1.90. The highest BCUT2D eigenvalue weighted by molar-refractivity contribution is 6.03. The standard InChI is InChI=1S/C16H15NO3/c1-11-7-9-12(10-8-11)14(18)16(20)17-15(19)13-5-3-2-4-6-13/h2-10,16,20H,1H3,(H,17,19)/t16-/m0/s1. The molecule has 102 valence electrons. The fraction of sp³-hybridized carbons (Fsp3) is 0.125. The summed E-state index contributed by atoms with van der Waals surface area (Å²) >= 11 is 0. The smallest absolute Gasteiger partial charge is 0.253 e. The molecule has 4 heteroatoms. The molecule has 0 aliphatic heterocycles. The van der Waals surface area contributed by atoms with Crippen LogP contribution < -0.4 is 5.32 Å². The molecular formula is C16H15NO3.